The van der Waals surface area contributed by atoms with Crippen molar-refractivity contribution in [1.29, 1.82) is 0 Å². The summed E-state index contributed by atoms with van der Waals surface area (Å²) >= 11 is 0. The normalized spacial score (nSPS) is 15.5. The van der Waals surface area contributed by atoms with Crippen LogP contribution < -0.4 is 10.1 Å². The molecular formula is C22H23FN4O3. The number of hydrogen-bond acceptors (Lipinski definition) is 5. The molecular weight excluding hydrogens is 387 g/mol. The molecule has 1 aromatic heterocycles. The average Bonchev–Trinajstić information content (AvgIpc) is 3.27. The van der Waals surface area contributed by atoms with E-state index in [-0.39, 0.29) is 18.3 Å². The van der Waals surface area contributed by atoms with Crippen LogP contribution in [-0.2, 0) is 21.5 Å². The van der Waals surface area contributed by atoms with Gasteiger partial charge < -0.3 is 14.8 Å². The van der Waals surface area contributed by atoms with Crippen LogP contribution in [0.4, 0.5) is 4.39 Å². The Morgan fingerprint density at radius 1 is 1.23 bits per heavy atom. The Hall–Kier alpha value is -3.26. The van der Waals surface area contributed by atoms with Gasteiger partial charge in [-0.05, 0) is 54.8 Å². The van der Waals surface area contributed by atoms with Gasteiger partial charge in [-0.15, -0.1) is 0 Å². The maximum Gasteiger partial charge on any atom is 0.231 e. The summed E-state index contributed by atoms with van der Waals surface area (Å²) in [6.07, 6.45) is 0.992. The van der Waals surface area contributed by atoms with Crippen molar-refractivity contribution in [1.82, 2.24) is 20.5 Å². The number of rotatable bonds is 6. The van der Waals surface area contributed by atoms with E-state index in [0.717, 1.165) is 11.3 Å². The number of hydrogen-bond donors (Lipinski definition) is 2. The van der Waals surface area contributed by atoms with Crippen LogP contribution in [0, 0.1) is 5.82 Å². The molecule has 0 atom stereocenters. The molecule has 0 saturated carbocycles. The van der Waals surface area contributed by atoms with E-state index in [2.05, 4.69) is 20.5 Å². The second-order valence-corrected chi connectivity index (χ2v) is 7.22. The quantitative estimate of drug-likeness (QED) is 0.652. The third-order valence-electron chi connectivity index (χ3n) is 5.45. The fraction of sp³-hybridized carbons (Fsp3) is 0.318. The first-order valence-corrected chi connectivity index (χ1v) is 9.78. The second kappa shape index (κ2) is 8.62. The van der Waals surface area contributed by atoms with Gasteiger partial charge in [-0.25, -0.2) is 9.37 Å². The van der Waals surface area contributed by atoms with Crippen LogP contribution in [0.2, 0.25) is 0 Å². The molecule has 2 heterocycles. The molecule has 30 heavy (non-hydrogen) atoms. The molecule has 156 valence electrons. The van der Waals surface area contributed by atoms with E-state index in [9.17, 15) is 9.18 Å². The molecule has 2 N–H and O–H groups in total. The van der Waals surface area contributed by atoms with Crippen molar-refractivity contribution in [2.75, 3.05) is 20.3 Å². The smallest absolute Gasteiger partial charge is 0.231 e. The number of nitrogens with one attached hydrogen (secondary N) is 2. The van der Waals surface area contributed by atoms with E-state index in [4.69, 9.17) is 9.47 Å². The Kier molecular flexibility index (Phi) is 5.76. The van der Waals surface area contributed by atoms with E-state index in [1.165, 1.54) is 12.1 Å². The lowest BCUT2D eigenvalue weighted by molar-refractivity contribution is -0.130. The molecule has 0 aliphatic carbocycles. The number of carbonyl (C=O) groups excluding carboxylic acids is 1. The van der Waals surface area contributed by atoms with Crippen molar-refractivity contribution >= 4 is 5.91 Å². The molecule has 1 amide bonds. The second-order valence-electron chi connectivity index (χ2n) is 7.22. The fourth-order valence-electron chi connectivity index (χ4n) is 3.73. The molecule has 8 heteroatoms. The van der Waals surface area contributed by atoms with Gasteiger partial charge in [0.05, 0.1) is 19.1 Å². The van der Waals surface area contributed by atoms with Gasteiger partial charge in [-0.1, -0.05) is 12.1 Å². The number of H-pyrrole nitrogens is 1. The number of benzene rings is 2. The summed E-state index contributed by atoms with van der Waals surface area (Å²) in [6, 6.07) is 13.6. The highest BCUT2D eigenvalue weighted by Gasteiger charge is 2.41. The number of methoxy groups -OCH3 is 1. The molecule has 0 bridgehead atoms. The first-order valence-electron chi connectivity index (χ1n) is 9.78. The Morgan fingerprint density at radius 2 is 2.00 bits per heavy atom. The van der Waals surface area contributed by atoms with E-state index < -0.39 is 5.41 Å². The zero-order chi connectivity index (χ0) is 21.0. The highest BCUT2D eigenvalue weighted by atomic mass is 19.1. The summed E-state index contributed by atoms with van der Waals surface area (Å²) in [5.41, 5.74) is 0.684. The molecule has 3 aromatic rings. The van der Waals surface area contributed by atoms with E-state index in [0.29, 0.717) is 43.3 Å². The predicted octanol–water partition coefficient (Wildman–Crippen LogP) is 2.98. The van der Waals surface area contributed by atoms with Crippen LogP contribution in [0.15, 0.2) is 48.5 Å². The highest BCUT2D eigenvalue weighted by molar-refractivity contribution is 5.88. The summed E-state index contributed by atoms with van der Waals surface area (Å²) < 4.78 is 24.4. The minimum atomic E-state index is -0.820. The predicted molar refractivity (Wildman–Crippen MR) is 108 cm³/mol. The summed E-state index contributed by atoms with van der Waals surface area (Å²) in [6.45, 7) is 1.10. The largest absolute Gasteiger partial charge is 0.497 e. The van der Waals surface area contributed by atoms with Gasteiger partial charge in [0, 0.05) is 18.8 Å². The average molecular weight is 410 g/mol. The molecule has 1 fully saturated rings. The molecule has 1 aliphatic heterocycles. The Labute approximate surface area is 173 Å². The summed E-state index contributed by atoms with van der Waals surface area (Å²) in [5, 5.41) is 10.0. The topological polar surface area (TPSA) is 89.1 Å². The molecule has 1 aliphatic rings. The minimum Gasteiger partial charge on any atom is -0.497 e. The van der Waals surface area contributed by atoms with Gasteiger partial charge in [0.15, 0.2) is 5.82 Å². The number of carbonyl (C=O) groups is 1. The van der Waals surface area contributed by atoms with Crippen LogP contribution >= 0.6 is 0 Å². The number of amides is 1. The van der Waals surface area contributed by atoms with Gasteiger partial charge >= 0.3 is 0 Å². The fourth-order valence-corrected chi connectivity index (χ4v) is 3.73. The lowest BCUT2D eigenvalue weighted by Crippen LogP contribution is -2.48. The number of ether oxygens (including phenoxy) is 2. The van der Waals surface area contributed by atoms with Crippen LogP contribution in [0.1, 0.15) is 24.2 Å². The lowest BCUT2D eigenvalue weighted by Gasteiger charge is -2.36. The zero-order valence-electron chi connectivity index (χ0n) is 16.7. The molecule has 7 nitrogen and oxygen atoms in total. The molecule has 0 radical (unpaired) electrons. The SMILES string of the molecule is COc1ccc(-c2n[nH]c(CNC(=O)C3(c4cccc(F)c4)CCOCC3)n2)cc1. The van der Waals surface area contributed by atoms with Gasteiger partial charge in [-0.2, -0.15) is 5.10 Å². The summed E-state index contributed by atoms with van der Waals surface area (Å²) in [7, 11) is 1.61. The van der Waals surface area contributed by atoms with Gasteiger partial charge in [0.25, 0.3) is 0 Å². The van der Waals surface area contributed by atoms with E-state index in [1.807, 2.05) is 24.3 Å². The van der Waals surface area contributed by atoms with Crippen molar-refractivity contribution in [3.05, 3.63) is 65.7 Å². The van der Waals surface area contributed by atoms with Crippen molar-refractivity contribution in [3.63, 3.8) is 0 Å². The van der Waals surface area contributed by atoms with E-state index in [1.54, 1.807) is 19.2 Å². The third-order valence-corrected chi connectivity index (χ3v) is 5.45. The van der Waals surface area contributed by atoms with Crippen LogP contribution in [0.25, 0.3) is 11.4 Å². The van der Waals surface area contributed by atoms with Gasteiger partial charge in [-0.3, -0.25) is 9.89 Å². The molecule has 0 unspecified atom stereocenters. The van der Waals surface area contributed by atoms with Crippen LogP contribution in [0.5, 0.6) is 5.75 Å². The van der Waals surface area contributed by atoms with Crippen molar-refractivity contribution in [2.24, 2.45) is 0 Å². The molecule has 2 aromatic carbocycles. The van der Waals surface area contributed by atoms with Crippen LogP contribution in [0.3, 0.4) is 0 Å². The first-order chi connectivity index (χ1) is 14.6. The van der Waals surface area contributed by atoms with Crippen molar-refractivity contribution in [3.8, 4) is 17.1 Å². The minimum absolute atomic E-state index is 0.168. The third kappa shape index (κ3) is 4.04. The summed E-state index contributed by atoms with van der Waals surface area (Å²) in [4.78, 5) is 17.6. The monoisotopic (exact) mass is 410 g/mol. The van der Waals surface area contributed by atoms with Gasteiger partial charge in [0.2, 0.25) is 5.91 Å². The molecule has 4 rings (SSSR count). The van der Waals surface area contributed by atoms with Crippen LogP contribution in [-0.4, -0.2) is 41.4 Å². The number of aromatic amines is 1. The lowest BCUT2D eigenvalue weighted by atomic mass is 9.73. The zero-order valence-corrected chi connectivity index (χ0v) is 16.7. The Bertz CT molecular complexity index is 1010. The van der Waals surface area contributed by atoms with Gasteiger partial charge in [0.1, 0.15) is 17.4 Å². The highest BCUT2D eigenvalue weighted by Crippen LogP contribution is 2.35. The molecule has 1 saturated heterocycles. The number of aromatic nitrogens is 3. The maximum atomic E-state index is 13.8. The Morgan fingerprint density at radius 3 is 2.70 bits per heavy atom. The maximum absolute atomic E-state index is 13.8. The summed E-state index contributed by atoms with van der Waals surface area (Å²) in [5.74, 6) is 1.30. The first kappa shape index (κ1) is 20.0. The Balaban J connectivity index is 1.48. The van der Waals surface area contributed by atoms with E-state index >= 15 is 0 Å². The van der Waals surface area contributed by atoms with Crippen molar-refractivity contribution < 1.29 is 18.7 Å². The number of halogens is 1. The standard InChI is InChI=1S/C22H23FN4O3/c1-29-18-7-5-15(6-8-18)20-25-19(26-27-20)14-24-21(28)22(9-11-30-12-10-22)16-3-2-4-17(23)13-16/h2-8,13H,9-12,14H2,1H3,(H,24,28)(H,25,26,27). The van der Waals surface area contributed by atoms with Crippen molar-refractivity contribution in [2.45, 2.75) is 24.8 Å². The molecule has 0 spiro atoms. The number of nitrogens with zero attached hydrogens (tertiary/aromatic N) is 2.